The van der Waals surface area contributed by atoms with Crippen molar-refractivity contribution in [1.82, 2.24) is 14.8 Å². The molecule has 5 rings (SSSR count). The maximum absolute atomic E-state index is 12.9. The summed E-state index contributed by atoms with van der Waals surface area (Å²) in [6.45, 7) is 3.44. The number of anilines is 2. The number of carbonyl (C=O) groups excluding carboxylic acids is 2. The highest BCUT2D eigenvalue weighted by molar-refractivity contribution is 6.03. The molecular weight excluding hydrogens is 414 g/mol. The van der Waals surface area contributed by atoms with Gasteiger partial charge in [-0.25, -0.2) is 0 Å². The topological polar surface area (TPSA) is 80.1 Å². The predicted molar refractivity (Wildman–Crippen MR) is 128 cm³/mol. The first-order chi connectivity index (χ1) is 16.1. The molecule has 1 fully saturated rings. The number of hydrogen-bond acceptors (Lipinski definition) is 4. The Morgan fingerprint density at radius 3 is 2.76 bits per heavy atom. The third-order valence-electron chi connectivity index (χ3n) is 6.65. The Kier molecular flexibility index (Phi) is 5.94. The number of fused-ring (bicyclic) bond motifs is 1. The minimum atomic E-state index is -0.366. The van der Waals surface area contributed by atoms with E-state index in [1.54, 1.807) is 4.90 Å². The SMILES string of the molecule is CCc1cccc(N2CC(C(=O)Nc3ccc(-c4nnc5n4CCCCC5)cc3)CC2=O)c1. The van der Waals surface area contributed by atoms with E-state index in [4.69, 9.17) is 0 Å². The van der Waals surface area contributed by atoms with E-state index in [-0.39, 0.29) is 24.2 Å². The van der Waals surface area contributed by atoms with Gasteiger partial charge >= 0.3 is 0 Å². The predicted octanol–water partition coefficient (Wildman–Crippen LogP) is 4.23. The van der Waals surface area contributed by atoms with Gasteiger partial charge in [0.2, 0.25) is 11.8 Å². The fourth-order valence-electron chi connectivity index (χ4n) is 4.72. The van der Waals surface area contributed by atoms with Crippen LogP contribution in [0.4, 0.5) is 11.4 Å². The Morgan fingerprint density at radius 2 is 1.94 bits per heavy atom. The third-order valence-corrected chi connectivity index (χ3v) is 6.65. The summed E-state index contributed by atoms with van der Waals surface area (Å²) in [5.74, 6) is 1.44. The van der Waals surface area contributed by atoms with Crippen molar-refractivity contribution in [2.24, 2.45) is 5.92 Å². The molecule has 1 saturated heterocycles. The smallest absolute Gasteiger partial charge is 0.229 e. The molecule has 170 valence electrons. The van der Waals surface area contributed by atoms with Crippen LogP contribution in [0.3, 0.4) is 0 Å². The maximum Gasteiger partial charge on any atom is 0.229 e. The quantitative estimate of drug-likeness (QED) is 0.640. The second-order valence-corrected chi connectivity index (χ2v) is 8.90. The second kappa shape index (κ2) is 9.17. The van der Waals surface area contributed by atoms with Crippen LogP contribution < -0.4 is 10.2 Å². The highest BCUT2D eigenvalue weighted by Gasteiger charge is 2.35. The number of carbonyl (C=O) groups is 2. The van der Waals surface area contributed by atoms with E-state index in [1.807, 2.05) is 42.5 Å². The van der Waals surface area contributed by atoms with Crippen molar-refractivity contribution in [3.63, 3.8) is 0 Å². The van der Waals surface area contributed by atoms with Gasteiger partial charge < -0.3 is 14.8 Å². The van der Waals surface area contributed by atoms with Gasteiger partial charge in [-0.05, 0) is 61.2 Å². The summed E-state index contributed by atoms with van der Waals surface area (Å²) in [5.41, 5.74) is 3.76. The highest BCUT2D eigenvalue weighted by Crippen LogP contribution is 2.28. The zero-order chi connectivity index (χ0) is 22.8. The molecule has 0 aliphatic carbocycles. The molecule has 2 aromatic carbocycles. The lowest BCUT2D eigenvalue weighted by Crippen LogP contribution is -2.28. The highest BCUT2D eigenvalue weighted by atomic mass is 16.2. The standard InChI is InChI=1S/C26H29N5O2/c1-2-18-7-6-8-22(15-18)31-17-20(16-24(31)32)26(33)27-21-12-10-19(11-13-21)25-29-28-23-9-4-3-5-14-30(23)25/h6-8,10-13,15,20H,2-5,9,14,16-17H2,1H3,(H,27,33). The summed E-state index contributed by atoms with van der Waals surface area (Å²) in [6, 6.07) is 15.7. The van der Waals surface area contributed by atoms with Crippen LogP contribution >= 0.6 is 0 Å². The molecule has 2 amide bonds. The summed E-state index contributed by atoms with van der Waals surface area (Å²) in [4.78, 5) is 27.2. The molecule has 0 saturated carbocycles. The molecule has 7 nitrogen and oxygen atoms in total. The Morgan fingerprint density at radius 1 is 1.09 bits per heavy atom. The first kappa shape index (κ1) is 21.4. The van der Waals surface area contributed by atoms with Crippen LogP contribution in [0, 0.1) is 5.92 Å². The maximum atomic E-state index is 12.9. The van der Waals surface area contributed by atoms with Gasteiger partial charge in [0.05, 0.1) is 5.92 Å². The van der Waals surface area contributed by atoms with Crippen molar-refractivity contribution in [2.75, 3.05) is 16.8 Å². The zero-order valence-corrected chi connectivity index (χ0v) is 19.0. The number of rotatable bonds is 5. The van der Waals surface area contributed by atoms with Gasteiger partial charge in [-0.1, -0.05) is 25.5 Å². The van der Waals surface area contributed by atoms with Crippen LogP contribution in [-0.4, -0.2) is 33.1 Å². The van der Waals surface area contributed by atoms with Gasteiger partial charge in [-0.2, -0.15) is 0 Å². The van der Waals surface area contributed by atoms with Crippen LogP contribution in [0.2, 0.25) is 0 Å². The van der Waals surface area contributed by atoms with Crippen LogP contribution in [-0.2, 0) is 29.0 Å². The van der Waals surface area contributed by atoms with Crippen molar-refractivity contribution < 1.29 is 9.59 Å². The number of nitrogens with zero attached hydrogens (tertiary/aromatic N) is 4. The van der Waals surface area contributed by atoms with Crippen molar-refractivity contribution >= 4 is 23.2 Å². The number of nitrogens with one attached hydrogen (secondary N) is 1. The summed E-state index contributed by atoms with van der Waals surface area (Å²) >= 11 is 0. The molecule has 2 aliphatic rings. The molecular formula is C26H29N5O2. The van der Waals surface area contributed by atoms with Crippen molar-refractivity contribution in [3.05, 3.63) is 59.9 Å². The minimum absolute atomic E-state index is 0.00810. The lowest BCUT2D eigenvalue weighted by atomic mass is 10.1. The Labute approximate surface area is 193 Å². The van der Waals surface area contributed by atoms with E-state index in [9.17, 15) is 9.59 Å². The molecule has 2 aliphatic heterocycles. The molecule has 1 N–H and O–H groups in total. The number of hydrogen-bond donors (Lipinski definition) is 1. The second-order valence-electron chi connectivity index (χ2n) is 8.90. The van der Waals surface area contributed by atoms with Crippen molar-refractivity contribution in [3.8, 4) is 11.4 Å². The molecule has 0 radical (unpaired) electrons. The monoisotopic (exact) mass is 443 g/mol. The lowest BCUT2D eigenvalue weighted by molar-refractivity contribution is -0.122. The Hall–Kier alpha value is -3.48. The molecule has 0 bridgehead atoms. The molecule has 1 aromatic heterocycles. The average Bonchev–Trinajstić information content (AvgIpc) is 3.35. The summed E-state index contributed by atoms with van der Waals surface area (Å²) in [7, 11) is 0. The molecule has 1 atom stereocenters. The van der Waals surface area contributed by atoms with Crippen LogP contribution in [0.25, 0.3) is 11.4 Å². The molecule has 3 heterocycles. The first-order valence-electron chi connectivity index (χ1n) is 11.8. The molecule has 33 heavy (non-hydrogen) atoms. The third kappa shape index (κ3) is 4.40. The summed E-state index contributed by atoms with van der Waals surface area (Å²) in [6.07, 6.45) is 5.64. The number of aromatic nitrogens is 3. The van der Waals surface area contributed by atoms with Crippen molar-refractivity contribution in [1.29, 1.82) is 0 Å². The van der Waals surface area contributed by atoms with Gasteiger partial charge in [-0.15, -0.1) is 10.2 Å². The van der Waals surface area contributed by atoms with Crippen molar-refractivity contribution in [2.45, 2.75) is 52.0 Å². The fourth-order valence-corrected chi connectivity index (χ4v) is 4.72. The fraction of sp³-hybridized carbons (Fsp3) is 0.385. The van der Waals surface area contributed by atoms with Gasteiger partial charge in [0.15, 0.2) is 5.82 Å². The summed E-state index contributed by atoms with van der Waals surface area (Å²) < 4.78 is 2.22. The molecule has 0 spiro atoms. The van der Waals surface area contributed by atoms with E-state index in [0.29, 0.717) is 6.54 Å². The van der Waals surface area contributed by atoms with E-state index < -0.39 is 0 Å². The molecule has 3 aromatic rings. The van der Waals surface area contributed by atoms with E-state index in [0.717, 1.165) is 60.8 Å². The molecule has 1 unspecified atom stereocenters. The Bertz CT molecular complexity index is 1170. The van der Waals surface area contributed by atoms with Gasteiger partial charge in [0.25, 0.3) is 0 Å². The minimum Gasteiger partial charge on any atom is -0.326 e. The summed E-state index contributed by atoms with van der Waals surface area (Å²) in [5, 5.41) is 11.8. The van der Waals surface area contributed by atoms with E-state index in [1.165, 1.54) is 12.0 Å². The van der Waals surface area contributed by atoms with Gasteiger partial charge in [-0.3, -0.25) is 9.59 Å². The van der Waals surface area contributed by atoms with Crippen LogP contribution in [0.15, 0.2) is 48.5 Å². The van der Waals surface area contributed by atoms with Gasteiger partial charge in [0, 0.05) is 42.9 Å². The average molecular weight is 444 g/mol. The Balaban J connectivity index is 1.25. The number of amides is 2. The van der Waals surface area contributed by atoms with Gasteiger partial charge in [0.1, 0.15) is 5.82 Å². The van der Waals surface area contributed by atoms with Crippen LogP contribution in [0.1, 0.15) is 44.0 Å². The lowest BCUT2D eigenvalue weighted by Gasteiger charge is -2.17. The van der Waals surface area contributed by atoms with Crippen LogP contribution in [0.5, 0.6) is 0 Å². The number of aryl methyl sites for hydroxylation is 2. The number of benzene rings is 2. The largest absolute Gasteiger partial charge is 0.326 e. The van der Waals surface area contributed by atoms with E-state index in [2.05, 4.69) is 33.1 Å². The van der Waals surface area contributed by atoms with E-state index >= 15 is 0 Å². The zero-order valence-electron chi connectivity index (χ0n) is 19.0. The normalized spacial score (nSPS) is 18.2. The molecule has 7 heteroatoms. The first-order valence-corrected chi connectivity index (χ1v) is 11.8.